The normalized spacial score (nSPS) is 19.6. The van der Waals surface area contributed by atoms with E-state index in [2.05, 4.69) is 15.3 Å². The van der Waals surface area contributed by atoms with Gasteiger partial charge in [-0.25, -0.2) is 9.18 Å². The maximum absolute atomic E-state index is 13.7. The Labute approximate surface area is 160 Å². The number of carbonyl (C=O) groups excluding carboxylic acids is 1. The van der Waals surface area contributed by atoms with Crippen molar-refractivity contribution in [3.63, 3.8) is 0 Å². The number of aromatic nitrogens is 3. The van der Waals surface area contributed by atoms with E-state index < -0.39 is 5.82 Å². The summed E-state index contributed by atoms with van der Waals surface area (Å²) < 4.78 is 15.3. The molecular weight excluding hydrogens is 363 g/mol. The number of nitrogens with one attached hydrogen (secondary N) is 2. The zero-order chi connectivity index (χ0) is 19.7. The van der Waals surface area contributed by atoms with Gasteiger partial charge in [-0.05, 0) is 43.7 Å². The summed E-state index contributed by atoms with van der Waals surface area (Å²) in [5.41, 5.74) is 1.45. The van der Waals surface area contributed by atoms with Gasteiger partial charge in [-0.1, -0.05) is 0 Å². The van der Waals surface area contributed by atoms with E-state index in [1.807, 2.05) is 0 Å². The highest BCUT2D eigenvalue weighted by Crippen LogP contribution is 2.31. The first kappa shape index (κ1) is 18.2. The molecule has 4 N–H and O–H groups in total. The molecule has 0 radical (unpaired) electrons. The Balaban J connectivity index is 1.39. The topological polar surface area (TPSA) is 103 Å². The lowest BCUT2D eigenvalue weighted by Crippen LogP contribution is -2.30. The van der Waals surface area contributed by atoms with Crippen LogP contribution in [0.4, 0.5) is 10.1 Å². The van der Waals surface area contributed by atoms with Gasteiger partial charge in [0.25, 0.3) is 5.75 Å². The van der Waals surface area contributed by atoms with Crippen LogP contribution in [0.25, 0.3) is 11.0 Å². The fourth-order valence-corrected chi connectivity index (χ4v) is 3.91. The fourth-order valence-electron chi connectivity index (χ4n) is 3.91. The summed E-state index contributed by atoms with van der Waals surface area (Å²) in [7, 11) is 0. The molecule has 1 saturated carbocycles. The largest absolute Gasteiger partial charge is 0.593 e. The lowest BCUT2D eigenvalue weighted by Gasteiger charge is -2.28. The van der Waals surface area contributed by atoms with Gasteiger partial charge in [0.15, 0.2) is 5.82 Å². The minimum absolute atomic E-state index is 0.152. The predicted octanol–water partition coefficient (Wildman–Crippen LogP) is 2.75. The smallest absolute Gasteiger partial charge is 0.326 e. The molecule has 2 heterocycles. The molecule has 1 amide bonds. The van der Waals surface area contributed by atoms with Crippen LogP contribution >= 0.6 is 0 Å². The third-order valence-electron chi connectivity index (χ3n) is 5.46. The summed E-state index contributed by atoms with van der Waals surface area (Å²) >= 11 is 0. The number of aromatic amines is 1. The van der Waals surface area contributed by atoms with Crippen molar-refractivity contribution in [2.75, 3.05) is 5.32 Å². The summed E-state index contributed by atoms with van der Waals surface area (Å²) in [5, 5.41) is 10.4. The zero-order valence-electron chi connectivity index (χ0n) is 15.2. The van der Waals surface area contributed by atoms with Crippen LogP contribution in [0.15, 0.2) is 41.5 Å². The van der Waals surface area contributed by atoms with Crippen molar-refractivity contribution in [2.24, 2.45) is 11.8 Å². The van der Waals surface area contributed by atoms with Gasteiger partial charge in [0.2, 0.25) is 5.91 Å². The number of benzene rings is 1. The van der Waals surface area contributed by atoms with Crippen molar-refractivity contribution in [2.45, 2.75) is 32.2 Å². The van der Waals surface area contributed by atoms with Crippen LogP contribution in [0.2, 0.25) is 0 Å². The highest BCUT2D eigenvalue weighted by Gasteiger charge is 2.27. The molecule has 0 spiro atoms. The Morgan fingerprint density at radius 2 is 2.07 bits per heavy atom. The number of amides is 1. The van der Waals surface area contributed by atoms with Gasteiger partial charge >= 0.3 is 5.69 Å². The van der Waals surface area contributed by atoms with E-state index in [9.17, 15) is 14.0 Å². The molecule has 0 aliphatic heterocycles. The third kappa shape index (κ3) is 3.62. The van der Waals surface area contributed by atoms with E-state index in [1.54, 1.807) is 22.8 Å². The molecule has 0 atom stereocenters. The molecule has 8 heteroatoms. The van der Waals surface area contributed by atoms with Crippen molar-refractivity contribution in [1.82, 2.24) is 14.5 Å². The molecular formula is C20H22FN4O3+. The lowest BCUT2D eigenvalue weighted by atomic mass is 9.81. The Morgan fingerprint density at radius 1 is 1.29 bits per heavy atom. The van der Waals surface area contributed by atoms with E-state index >= 15 is 0 Å². The Hall–Kier alpha value is -3.16. The van der Waals surface area contributed by atoms with Crippen molar-refractivity contribution >= 4 is 22.6 Å². The van der Waals surface area contributed by atoms with Gasteiger partial charge in [0, 0.05) is 24.7 Å². The van der Waals surface area contributed by atoms with Crippen molar-refractivity contribution in [1.29, 1.82) is 0 Å². The van der Waals surface area contributed by atoms with Gasteiger partial charge < -0.3 is 15.4 Å². The maximum atomic E-state index is 13.7. The van der Waals surface area contributed by atoms with Crippen molar-refractivity contribution < 1.29 is 14.3 Å². The highest BCUT2D eigenvalue weighted by molar-refractivity contribution is 5.92. The minimum Gasteiger partial charge on any atom is -0.593 e. The summed E-state index contributed by atoms with van der Waals surface area (Å²) in [6, 6.07) is 6.53. The molecule has 2 aromatic heterocycles. The molecule has 1 aliphatic rings. The first-order valence-corrected chi connectivity index (χ1v) is 9.36. The van der Waals surface area contributed by atoms with Gasteiger partial charge in [0.1, 0.15) is 0 Å². The molecule has 3 aromatic rings. The molecule has 0 unspecified atom stereocenters. The lowest BCUT2D eigenvalue weighted by molar-refractivity contribution is -0.121. The Kier molecular flexibility index (Phi) is 4.85. The quantitative estimate of drug-likeness (QED) is 0.675. The first-order chi connectivity index (χ1) is 13.5. The van der Waals surface area contributed by atoms with E-state index in [0.29, 0.717) is 25.1 Å². The van der Waals surface area contributed by atoms with Crippen LogP contribution < -0.4 is 11.0 Å². The summed E-state index contributed by atoms with van der Waals surface area (Å²) in [5.74, 6) is -0.233. The van der Waals surface area contributed by atoms with Gasteiger partial charge in [-0.2, -0.15) is 0 Å². The number of hydrogen-bond acceptors (Lipinski definition) is 3. The SMILES string of the molecule is O=C(Nc1ccncc1F)C1CCC(Cn2c(=O)[nH]c3ccc([OH2+])cc32)CC1. The number of fused-ring (bicyclic) bond motifs is 1. The van der Waals surface area contributed by atoms with Gasteiger partial charge in [0.05, 0.1) is 29.0 Å². The van der Waals surface area contributed by atoms with Crippen LogP contribution in [0.5, 0.6) is 5.75 Å². The van der Waals surface area contributed by atoms with Gasteiger partial charge in [-0.15, -0.1) is 0 Å². The first-order valence-electron chi connectivity index (χ1n) is 9.36. The molecule has 146 valence electrons. The second-order valence-corrected chi connectivity index (χ2v) is 7.34. The van der Waals surface area contributed by atoms with Crippen LogP contribution in [-0.2, 0) is 11.3 Å². The second kappa shape index (κ2) is 7.46. The number of nitrogens with zero attached hydrogens (tertiary/aromatic N) is 2. The number of imidazole rings is 1. The molecule has 0 saturated heterocycles. The van der Waals surface area contributed by atoms with Crippen molar-refractivity contribution in [3.8, 4) is 5.75 Å². The van der Waals surface area contributed by atoms with Crippen LogP contribution in [-0.4, -0.2) is 25.5 Å². The maximum Gasteiger partial charge on any atom is 0.326 e. The number of halogens is 1. The molecule has 0 bridgehead atoms. The average Bonchev–Trinajstić information content (AvgIpc) is 2.99. The molecule has 4 rings (SSSR count). The summed E-state index contributed by atoms with van der Waals surface area (Å²) in [6.07, 6.45) is 5.55. The number of H-pyrrole nitrogens is 1. The second-order valence-electron chi connectivity index (χ2n) is 7.34. The average molecular weight is 385 g/mol. The highest BCUT2D eigenvalue weighted by atomic mass is 19.1. The number of rotatable bonds is 4. The molecule has 7 nitrogen and oxygen atoms in total. The third-order valence-corrected chi connectivity index (χ3v) is 5.46. The monoisotopic (exact) mass is 385 g/mol. The number of anilines is 1. The zero-order valence-corrected chi connectivity index (χ0v) is 15.2. The molecule has 1 fully saturated rings. The Bertz CT molecular complexity index is 1070. The Morgan fingerprint density at radius 3 is 2.82 bits per heavy atom. The minimum atomic E-state index is -0.544. The standard InChI is InChI=1S/C20H21FN4O3/c21-15-10-22-8-7-16(15)23-19(27)13-3-1-12(2-4-13)11-25-18-9-14(26)5-6-17(18)24-20(25)28/h5-10,12-13,26H,1-4,11H2,(H,24,28)(H,22,23,27)/p+1. The molecule has 28 heavy (non-hydrogen) atoms. The van der Waals surface area contributed by atoms with Crippen molar-refractivity contribution in [3.05, 3.63) is 53.0 Å². The van der Waals surface area contributed by atoms with Crippen LogP contribution in [0, 0.1) is 17.7 Å². The number of pyridine rings is 1. The van der Waals surface area contributed by atoms with E-state index in [1.165, 1.54) is 12.3 Å². The predicted molar refractivity (Wildman–Crippen MR) is 104 cm³/mol. The number of carbonyl (C=O) groups is 1. The van der Waals surface area contributed by atoms with Gasteiger partial charge in [-0.3, -0.25) is 14.3 Å². The summed E-state index contributed by atoms with van der Waals surface area (Å²) in [4.78, 5) is 31.2. The van der Waals surface area contributed by atoms with E-state index in [-0.39, 0.29) is 29.1 Å². The van der Waals surface area contributed by atoms with Crippen LogP contribution in [0.3, 0.4) is 0 Å². The van der Waals surface area contributed by atoms with E-state index in [4.69, 9.17) is 5.11 Å². The molecule has 1 aliphatic carbocycles. The number of hydrogen-bond donors (Lipinski definition) is 2. The molecule has 1 aromatic carbocycles. The van der Waals surface area contributed by atoms with Crippen LogP contribution in [0.1, 0.15) is 25.7 Å². The fraction of sp³-hybridized carbons (Fsp3) is 0.350. The summed E-state index contributed by atoms with van der Waals surface area (Å²) in [6.45, 7) is 0.565. The van der Waals surface area contributed by atoms with E-state index in [0.717, 1.165) is 30.1 Å².